The molecular formula is C21H16ClF2N3O4. The first-order chi connectivity index (χ1) is 14.7. The third-order valence-corrected chi connectivity index (χ3v) is 4.41. The molecule has 160 valence electrons. The number of ether oxygens (including phenoxy) is 1. The van der Waals surface area contributed by atoms with Gasteiger partial charge in [-0.2, -0.15) is 0 Å². The van der Waals surface area contributed by atoms with E-state index in [4.69, 9.17) is 16.3 Å². The maximum absolute atomic E-state index is 13.1. The van der Waals surface area contributed by atoms with Gasteiger partial charge in [0.15, 0.2) is 18.2 Å². The Kier molecular flexibility index (Phi) is 6.76. The molecule has 0 fully saturated rings. The summed E-state index contributed by atoms with van der Waals surface area (Å²) >= 11 is 5.95. The standard InChI is InChI=1S/C21H16ClF2N3O4/c1-11-15(7-12-6-13(22)2-5-18(12)26-11)21(30)31-10-20(29)25-9-19(28)27-14-3-4-16(23)17(24)8-14/h2-8H,9-10H2,1H3,(H,25,29)(H,27,28). The van der Waals surface area contributed by atoms with E-state index in [9.17, 15) is 23.2 Å². The molecule has 0 aliphatic heterocycles. The molecule has 0 saturated heterocycles. The number of pyridine rings is 1. The number of carbonyl (C=O) groups is 3. The average molecular weight is 448 g/mol. The maximum atomic E-state index is 13.1. The molecule has 7 nitrogen and oxygen atoms in total. The molecule has 31 heavy (non-hydrogen) atoms. The Labute approximate surface area is 180 Å². The largest absolute Gasteiger partial charge is 0.452 e. The Morgan fingerprint density at radius 2 is 1.81 bits per heavy atom. The fraction of sp³-hybridized carbons (Fsp3) is 0.143. The Hall–Kier alpha value is -3.59. The van der Waals surface area contributed by atoms with E-state index in [1.54, 1.807) is 31.2 Å². The highest BCUT2D eigenvalue weighted by Crippen LogP contribution is 2.21. The Morgan fingerprint density at radius 1 is 1.03 bits per heavy atom. The minimum Gasteiger partial charge on any atom is -0.452 e. The van der Waals surface area contributed by atoms with E-state index in [0.29, 0.717) is 21.6 Å². The zero-order valence-corrected chi connectivity index (χ0v) is 16.9. The van der Waals surface area contributed by atoms with Crippen LogP contribution in [0.5, 0.6) is 0 Å². The number of hydrogen-bond donors (Lipinski definition) is 2. The summed E-state index contributed by atoms with van der Waals surface area (Å²) in [5, 5.41) is 5.68. The summed E-state index contributed by atoms with van der Waals surface area (Å²) in [6.07, 6.45) is 0. The van der Waals surface area contributed by atoms with Crippen LogP contribution in [-0.4, -0.2) is 35.9 Å². The molecule has 0 atom stereocenters. The van der Waals surface area contributed by atoms with E-state index in [0.717, 1.165) is 12.1 Å². The zero-order chi connectivity index (χ0) is 22.5. The number of amides is 2. The highest BCUT2D eigenvalue weighted by Gasteiger charge is 2.16. The first-order valence-corrected chi connectivity index (χ1v) is 9.36. The Bertz CT molecular complexity index is 1190. The highest BCUT2D eigenvalue weighted by molar-refractivity contribution is 6.31. The summed E-state index contributed by atoms with van der Waals surface area (Å²) in [6.45, 7) is 0.558. The van der Waals surface area contributed by atoms with Crippen LogP contribution in [0, 0.1) is 18.6 Å². The van der Waals surface area contributed by atoms with Gasteiger partial charge in [-0.15, -0.1) is 0 Å². The van der Waals surface area contributed by atoms with E-state index in [-0.39, 0.29) is 11.3 Å². The summed E-state index contributed by atoms with van der Waals surface area (Å²) in [7, 11) is 0. The SMILES string of the molecule is Cc1nc2ccc(Cl)cc2cc1C(=O)OCC(=O)NCC(=O)Nc1ccc(F)c(F)c1. The number of fused-ring (bicyclic) bond motifs is 1. The topological polar surface area (TPSA) is 97.4 Å². The summed E-state index contributed by atoms with van der Waals surface area (Å²) in [4.78, 5) is 40.3. The van der Waals surface area contributed by atoms with Crippen molar-refractivity contribution in [2.75, 3.05) is 18.5 Å². The molecule has 0 bridgehead atoms. The second kappa shape index (κ2) is 9.48. The number of rotatable bonds is 6. The molecule has 3 aromatic rings. The molecule has 2 N–H and O–H groups in total. The van der Waals surface area contributed by atoms with Gasteiger partial charge in [-0.3, -0.25) is 14.6 Å². The monoisotopic (exact) mass is 447 g/mol. The lowest BCUT2D eigenvalue weighted by molar-refractivity contribution is -0.126. The van der Waals surface area contributed by atoms with Gasteiger partial charge in [-0.1, -0.05) is 11.6 Å². The number of aryl methyl sites for hydroxylation is 1. The van der Waals surface area contributed by atoms with Gasteiger partial charge in [-0.05, 0) is 43.3 Å². The Balaban J connectivity index is 1.51. The number of halogens is 3. The summed E-state index contributed by atoms with van der Waals surface area (Å²) in [6, 6.07) is 9.47. The smallest absolute Gasteiger partial charge is 0.340 e. The summed E-state index contributed by atoms with van der Waals surface area (Å²) < 4.78 is 31.0. The average Bonchev–Trinajstić information content (AvgIpc) is 2.73. The van der Waals surface area contributed by atoms with Gasteiger partial charge in [0.05, 0.1) is 23.3 Å². The van der Waals surface area contributed by atoms with E-state index >= 15 is 0 Å². The van der Waals surface area contributed by atoms with Gasteiger partial charge in [0.1, 0.15) is 0 Å². The Morgan fingerprint density at radius 3 is 2.55 bits per heavy atom. The molecule has 2 amide bonds. The lowest BCUT2D eigenvalue weighted by atomic mass is 10.1. The molecule has 2 aromatic carbocycles. The van der Waals surface area contributed by atoms with Crippen LogP contribution in [0.2, 0.25) is 5.02 Å². The van der Waals surface area contributed by atoms with Crippen LogP contribution in [0.25, 0.3) is 10.9 Å². The van der Waals surface area contributed by atoms with Gasteiger partial charge in [0.25, 0.3) is 5.91 Å². The van der Waals surface area contributed by atoms with Crippen molar-refractivity contribution in [3.8, 4) is 0 Å². The molecule has 1 aromatic heterocycles. The predicted octanol–water partition coefficient (Wildman–Crippen LogP) is 3.39. The van der Waals surface area contributed by atoms with Crippen molar-refractivity contribution < 1.29 is 27.9 Å². The minimum atomic E-state index is -1.12. The van der Waals surface area contributed by atoms with Crippen LogP contribution in [-0.2, 0) is 14.3 Å². The second-order valence-electron chi connectivity index (χ2n) is 6.49. The normalized spacial score (nSPS) is 10.6. The molecule has 0 saturated carbocycles. The molecule has 0 aliphatic rings. The van der Waals surface area contributed by atoms with Gasteiger partial charge in [-0.25, -0.2) is 13.6 Å². The molecule has 1 heterocycles. The fourth-order valence-electron chi connectivity index (χ4n) is 2.67. The van der Waals surface area contributed by atoms with Crippen LogP contribution in [0.3, 0.4) is 0 Å². The molecule has 3 rings (SSSR count). The molecular weight excluding hydrogens is 432 g/mol. The molecule has 0 unspecified atom stereocenters. The number of anilines is 1. The van der Waals surface area contributed by atoms with Crippen LogP contribution < -0.4 is 10.6 Å². The van der Waals surface area contributed by atoms with Gasteiger partial charge >= 0.3 is 5.97 Å². The number of carbonyl (C=O) groups excluding carboxylic acids is 3. The van der Waals surface area contributed by atoms with Crippen LogP contribution >= 0.6 is 11.6 Å². The lowest BCUT2D eigenvalue weighted by Gasteiger charge is -2.09. The third-order valence-electron chi connectivity index (χ3n) is 4.17. The van der Waals surface area contributed by atoms with E-state index in [1.165, 1.54) is 6.07 Å². The molecule has 0 aliphatic carbocycles. The van der Waals surface area contributed by atoms with Crippen LogP contribution in [0.15, 0.2) is 42.5 Å². The lowest BCUT2D eigenvalue weighted by Crippen LogP contribution is -2.35. The van der Waals surface area contributed by atoms with Gasteiger partial charge in [0.2, 0.25) is 5.91 Å². The summed E-state index contributed by atoms with van der Waals surface area (Å²) in [5.74, 6) is -4.31. The number of benzene rings is 2. The van der Waals surface area contributed by atoms with Crippen LogP contribution in [0.1, 0.15) is 16.1 Å². The first-order valence-electron chi connectivity index (χ1n) is 8.98. The molecule has 10 heteroatoms. The number of nitrogens with zero attached hydrogens (tertiary/aromatic N) is 1. The van der Waals surface area contributed by atoms with E-state index in [2.05, 4.69) is 15.6 Å². The van der Waals surface area contributed by atoms with Crippen molar-refractivity contribution in [1.82, 2.24) is 10.3 Å². The second-order valence-corrected chi connectivity index (χ2v) is 6.92. The van der Waals surface area contributed by atoms with Crippen molar-refractivity contribution in [1.29, 1.82) is 0 Å². The maximum Gasteiger partial charge on any atom is 0.340 e. The number of hydrogen-bond acceptors (Lipinski definition) is 5. The number of esters is 1. The third kappa shape index (κ3) is 5.73. The molecule has 0 spiro atoms. The fourth-order valence-corrected chi connectivity index (χ4v) is 2.85. The van der Waals surface area contributed by atoms with E-state index < -0.39 is 42.6 Å². The first kappa shape index (κ1) is 22.1. The number of nitrogens with one attached hydrogen (secondary N) is 2. The van der Waals surface area contributed by atoms with Crippen molar-refractivity contribution >= 4 is 46.0 Å². The number of aromatic nitrogens is 1. The summed E-state index contributed by atoms with van der Waals surface area (Å²) in [5.41, 5.74) is 1.29. The zero-order valence-electron chi connectivity index (χ0n) is 16.2. The quantitative estimate of drug-likeness (QED) is 0.564. The van der Waals surface area contributed by atoms with Gasteiger partial charge < -0.3 is 15.4 Å². The predicted molar refractivity (Wildman–Crippen MR) is 110 cm³/mol. The van der Waals surface area contributed by atoms with Crippen molar-refractivity contribution in [2.45, 2.75) is 6.92 Å². The van der Waals surface area contributed by atoms with Crippen molar-refractivity contribution in [3.63, 3.8) is 0 Å². The van der Waals surface area contributed by atoms with Crippen molar-refractivity contribution in [2.24, 2.45) is 0 Å². The van der Waals surface area contributed by atoms with Crippen molar-refractivity contribution in [3.05, 3.63) is 70.4 Å². The van der Waals surface area contributed by atoms with Crippen LogP contribution in [0.4, 0.5) is 14.5 Å². The minimum absolute atomic E-state index is 0.0314. The highest BCUT2D eigenvalue weighted by atomic mass is 35.5. The molecule has 0 radical (unpaired) electrons. The van der Waals surface area contributed by atoms with Gasteiger partial charge in [0, 0.05) is 22.2 Å². The van der Waals surface area contributed by atoms with E-state index in [1.807, 2.05) is 0 Å².